The molecule has 0 bridgehead atoms. The minimum atomic E-state index is 0.631. The average molecular weight is 158 g/mol. The van der Waals surface area contributed by atoms with Gasteiger partial charge in [-0.25, -0.2) is 0 Å². The second kappa shape index (κ2) is 3.17. The number of thioether (sulfide) groups is 1. The molecule has 1 heteroatoms. The summed E-state index contributed by atoms with van der Waals surface area (Å²) < 4.78 is 0. The molecule has 1 rings (SSSR count). The quantitative estimate of drug-likeness (QED) is 0.564. The highest BCUT2D eigenvalue weighted by atomic mass is 32.2. The molecule has 1 aliphatic carbocycles. The molecule has 10 heavy (non-hydrogen) atoms. The Morgan fingerprint density at radius 1 is 1.40 bits per heavy atom. The van der Waals surface area contributed by atoms with Crippen LogP contribution in [0.4, 0.5) is 0 Å². The van der Waals surface area contributed by atoms with Gasteiger partial charge in [0.05, 0.1) is 0 Å². The largest absolute Gasteiger partial charge is 0.162 e. The molecule has 0 radical (unpaired) electrons. The van der Waals surface area contributed by atoms with E-state index < -0.39 is 0 Å². The summed E-state index contributed by atoms with van der Waals surface area (Å²) in [5.41, 5.74) is 0.631. The summed E-state index contributed by atoms with van der Waals surface area (Å²) in [6.45, 7) is 4.80. The Kier molecular flexibility index (Phi) is 2.67. The van der Waals surface area contributed by atoms with Crippen LogP contribution in [0, 0.1) is 5.41 Å². The lowest BCUT2D eigenvalue weighted by atomic mass is 9.77. The molecule has 0 saturated heterocycles. The highest BCUT2D eigenvalue weighted by molar-refractivity contribution is 7.99. The Bertz CT molecular complexity index is 107. The van der Waals surface area contributed by atoms with Crippen molar-refractivity contribution >= 4 is 11.8 Å². The van der Waals surface area contributed by atoms with Gasteiger partial charge in [-0.3, -0.25) is 0 Å². The van der Waals surface area contributed by atoms with Crippen LogP contribution in [0.1, 0.15) is 39.5 Å². The molecule has 0 nitrogen and oxygen atoms in total. The molecule has 0 aromatic heterocycles. The number of hydrogen-bond acceptors (Lipinski definition) is 1. The van der Waals surface area contributed by atoms with Gasteiger partial charge in [-0.1, -0.05) is 20.3 Å². The van der Waals surface area contributed by atoms with Crippen molar-refractivity contribution in [3.63, 3.8) is 0 Å². The summed E-state index contributed by atoms with van der Waals surface area (Å²) in [6, 6.07) is 0. The van der Waals surface area contributed by atoms with Gasteiger partial charge in [0.2, 0.25) is 0 Å². The molecule has 1 fully saturated rings. The standard InChI is InChI=1S/C9H18S/c1-9(2)6-4-5-8(7-9)10-3/h8H,4-7H2,1-3H3. The van der Waals surface area contributed by atoms with Crippen molar-refractivity contribution in [1.82, 2.24) is 0 Å². The Labute approximate surface area is 68.8 Å². The highest BCUT2D eigenvalue weighted by Crippen LogP contribution is 2.39. The first kappa shape index (κ1) is 8.45. The Hall–Kier alpha value is 0.350. The molecule has 1 aliphatic rings. The maximum Gasteiger partial charge on any atom is 0.00493 e. The third-order valence-corrected chi connectivity index (χ3v) is 3.56. The molecule has 0 N–H and O–H groups in total. The van der Waals surface area contributed by atoms with Gasteiger partial charge in [0, 0.05) is 5.25 Å². The average Bonchev–Trinajstić information content (AvgIpc) is 1.86. The van der Waals surface area contributed by atoms with Crippen LogP contribution in [-0.2, 0) is 0 Å². The zero-order valence-electron chi connectivity index (χ0n) is 7.31. The Balaban J connectivity index is 2.40. The molecule has 0 aliphatic heterocycles. The Morgan fingerprint density at radius 3 is 2.50 bits per heavy atom. The van der Waals surface area contributed by atoms with Crippen LogP contribution in [0.5, 0.6) is 0 Å². The summed E-state index contributed by atoms with van der Waals surface area (Å²) in [5, 5.41) is 0.948. The normalized spacial score (nSPS) is 32.1. The zero-order chi connectivity index (χ0) is 7.61. The number of hydrogen-bond donors (Lipinski definition) is 0. The van der Waals surface area contributed by atoms with Crippen LogP contribution < -0.4 is 0 Å². The lowest BCUT2D eigenvalue weighted by Crippen LogP contribution is -2.23. The second-order valence-corrected chi connectivity index (χ2v) is 5.26. The first-order valence-corrected chi connectivity index (χ1v) is 5.46. The van der Waals surface area contributed by atoms with Gasteiger partial charge in [0.15, 0.2) is 0 Å². The van der Waals surface area contributed by atoms with Gasteiger partial charge in [-0.15, -0.1) is 0 Å². The highest BCUT2D eigenvalue weighted by Gasteiger charge is 2.26. The van der Waals surface area contributed by atoms with Gasteiger partial charge < -0.3 is 0 Å². The van der Waals surface area contributed by atoms with Crippen molar-refractivity contribution in [3.05, 3.63) is 0 Å². The topological polar surface area (TPSA) is 0 Å². The van der Waals surface area contributed by atoms with E-state index in [0.717, 1.165) is 5.25 Å². The monoisotopic (exact) mass is 158 g/mol. The third-order valence-electron chi connectivity index (χ3n) is 2.49. The Morgan fingerprint density at radius 2 is 2.10 bits per heavy atom. The SMILES string of the molecule is CSC1CCCC(C)(C)C1. The predicted molar refractivity (Wildman–Crippen MR) is 49.6 cm³/mol. The molecule has 0 aromatic rings. The minimum absolute atomic E-state index is 0.631. The predicted octanol–water partition coefficient (Wildman–Crippen LogP) is 3.32. The van der Waals surface area contributed by atoms with Crippen LogP contribution in [0.25, 0.3) is 0 Å². The van der Waals surface area contributed by atoms with Gasteiger partial charge in [-0.2, -0.15) is 11.8 Å². The lowest BCUT2D eigenvalue weighted by Gasteiger charge is -2.34. The molecular weight excluding hydrogens is 140 g/mol. The fourth-order valence-electron chi connectivity index (χ4n) is 1.83. The smallest absolute Gasteiger partial charge is 0.00493 e. The second-order valence-electron chi connectivity index (χ2n) is 4.12. The van der Waals surface area contributed by atoms with E-state index in [1.54, 1.807) is 0 Å². The molecular formula is C9H18S. The maximum atomic E-state index is 2.40. The van der Waals surface area contributed by atoms with Crippen molar-refractivity contribution in [2.24, 2.45) is 5.41 Å². The van der Waals surface area contributed by atoms with E-state index in [4.69, 9.17) is 0 Å². The summed E-state index contributed by atoms with van der Waals surface area (Å²) >= 11 is 2.05. The van der Waals surface area contributed by atoms with Gasteiger partial charge >= 0.3 is 0 Å². The molecule has 1 unspecified atom stereocenters. The summed E-state index contributed by atoms with van der Waals surface area (Å²) in [5.74, 6) is 0. The maximum absolute atomic E-state index is 2.40. The van der Waals surface area contributed by atoms with Gasteiger partial charge in [0.1, 0.15) is 0 Å². The third kappa shape index (κ3) is 2.19. The van der Waals surface area contributed by atoms with Crippen LogP contribution in [-0.4, -0.2) is 11.5 Å². The zero-order valence-corrected chi connectivity index (χ0v) is 8.13. The number of rotatable bonds is 1. The van der Waals surface area contributed by atoms with Crippen molar-refractivity contribution < 1.29 is 0 Å². The summed E-state index contributed by atoms with van der Waals surface area (Å²) in [7, 11) is 0. The fourth-order valence-corrected chi connectivity index (χ4v) is 2.85. The van der Waals surface area contributed by atoms with E-state index in [1.165, 1.54) is 25.7 Å². The molecule has 0 amide bonds. The molecule has 0 aromatic carbocycles. The van der Waals surface area contributed by atoms with Crippen LogP contribution in [0.2, 0.25) is 0 Å². The van der Waals surface area contributed by atoms with Crippen molar-refractivity contribution in [3.8, 4) is 0 Å². The molecule has 1 atom stereocenters. The van der Waals surface area contributed by atoms with E-state index in [2.05, 4.69) is 20.1 Å². The first-order chi connectivity index (χ1) is 4.64. The lowest BCUT2D eigenvalue weighted by molar-refractivity contribution is 0.251. The fraction of sp³-hybridized carbons (Fsp3) is 1.00. The summed E-state index contributed by atoms with van der Waals surface area (Å²) in [4.78, 5) is 0. The van der Waals surface area contributed by atoms with Crippen LogP contribution in [0.3, 0.4) is 0 Å². The van der Waals surface area contributed by atoms with Gasteiger partial charge in [-0.05, 0) is 30.9 Å². The van der Waals surface area contributed by atoms with E-state index in [1.807, 2.05) is 11.8 Å². The van der Waals surface area contributed by atoms with E-state index in [0.29, 0.717) is 5.41 Å². The van der Waals surface area contributed by atoms with Crippen molar-refractivity contribution in [2.75, 3.05) is 6.26 Å². The van der Waals surface area contributed by atoms with E-state index >= 15 is 0 Å². The van der Waals surface area contributed by atoms with Crippen LogP contribution >= 0.6 is 11.8 Å². The first-order valence-electron chi connectivity index (χ1n) is 4.17. The minimum Gasteiger partial charge on any atom is -0.162 e. The van der Waals surface area contributed by atoms with Crippen molar-refractivity contribution in [2.45, 2.75) is 44.8 Å². The molecule has 1 saturated carbocycles. The summed E-state index contributed by atoms with van der Waals surface area (Å²) in [6.07, 6.45) is 7.99. The van der Waals surface area contributed by atoms with Crippen molar-refractivity contribution in [1.29, 1.82) is 0 Å². The van der Waals surface area contributed by atoms with Crippen LogP contribution in [0.15, 0.2) is 0 Å². The van der Waals surface area contributed by atoms with E-state index in [-0.39, 0.29) is 0 Å². The molecule has 0 spiro atoms. The molecule has 60 valence electrons. The van der Waals surface area contributed by atoms with Gasteiger partial charge in [0.25, 0.3) is 0 Å². The molecule has 0 heterocycles. The van der Waals surface area contributed by atoms with E-state index in [9.17, 15) is 0 Å².